The monoisotopic (exact) mass is 299 g/mol. The molecule has 21 heavy (non-hydrogen) atoms. The van der Waals surface area contributed by atoms with E-state index in [-0.39, 0.29) is 11.9 Å². The van der Waals surface area contributed by atoms with Gasteiger partial charge in [-0.05, 0) is 36.1 Å². The van der Waals surface area contributed by atoms with Gasteiger partial charge in [0.05, 0.1) is 6.04 Å². The summed E-state index contributed by atoms with van der Waals surface area (Å²) in [7, 11) is 0. The second kappa shape index (κ2) is 6.31. The quantitative estimate of drug-likeness (QED) is 0.769. The molecule has 1 aliphatic heterocycles. The SMILES string of the molecule is O=C(c1cccc(CCl)c1)N1CCCC1c1ccccc1. The summed E-state index contributed by atoms with van der Waals surface area (Å²) in [5, 5.41) is 0. The van der Waals surface area contributed by atoms with Gasteiger partial charge in [0.15, 0.2) is 0 Å². The van der Waals surface area contributed by atoms with Gasteiger partial charge in [0.2, 0.25) is 0 Å². The van der Waals surface area contributed by atoms with Gasteiger partial charge in [-0.3, -0.25) is 4.79 Å². The minimum atomic E-state index is 0.105. The van der Waals surface area contributed by atoms with E-state index in [9.17, 15) is 4.79 Å². The van der Waals surface area contributed by atoms with Crippen molar-refractivity contribution >= 4 is 17.5 Å². The number of amides is 1. The molecule has 0 bridgehead atoms. The molecule has 1 fully saturated rings. The minimum absolute atomic E-state index is 0.105. The molecule has 1 unspecified atom stereocenters. The normalized spacial score (nSPS) is 18.0. The molecule has 0 saturated carbocycles. The molecule has 0 N–H and O–H groups in total. The Hall–Kier alpha value is -1.80. The summed E-state index contributed by atoms with van der Waals surface area (Å²) in [5.74, 6) is 0.539. The Morgan fingerprint density at radius 3 is 2.71 bits per heavy atom. The molecular weight excluding hydrogens is 282 g/mol. The first kappa shape index (κ1) is 14.2. The molecule has 1 saturated heterocycles. The summed E-state index contributed by atoms with van der Waals surface area (Å²) < 4.78 is 0. The average molecular weight is 300 g/mol. The van der Waals surface area contributed by atoms with Crippen molar-refractivity contribution in [3.8, 4) is 0 Å². The van der Waals surface area contributed by atoms with Crippen LogP contribution < -0.4 is 0 Å². The van der Waals surface area contributed by atoms with Crippen molar-refractivity contribution in [1.29, 1.82) is 0 Å². The molecule has 2 aromatic carbocycles. The molecule has 3 rings (SSSR count). The van der Waals surface area contributed by atoms with Crippen molar-refractivity contribution in [2.75, 3.05) is 6.54 Å². The Bertz CT molecular complexity index is 626. The molecule has 0 aromatic heterocycles. The van der Waals surface area contributed by atoms with Crippen LogP contribution in [0.2, 0.25) is 0 Å². The topological polar surface area (TPSA) is 20.3 Å². The lowest BCUT2D eigenvalue weighted by atomic mass is 10.0. The Labute approximate surface area is 130 Å². The van der Waals surface area contributed by atoms with Crippen molar-refractivity contribution in [3.05, 3.63) is 71.3 Å². The van der Waals surface area contributed by atoms with Gasteiger partial charge in [0.25, 0.3) is 5.91 Å². The van der Waals surface area contributed by atoms with E-state index in [1.165, 1.54) is 5.56 Å². The summed E-state index contributed by atoms with van der Waals surface area (Å²) >= 11 is 5.86. The Morgan fingerprint density at radius 1 is 1.14 bits per heavy atom. The summed E-state index contributed by atoms with van der Waals surface area (Å²) in [4.78, 5) is 14.8. The number of likely N-dealkylation sites (tertiary alicyclic amines) is 1. The second-order valence-corrected chi connectivity index (χ2v) is 5.67. The smallest absolute Gasteiger partial charge is 0.254 e. The third kappa shape index (κ3) is 2.96. The zero-order chi connectivity index (χ0) is 14.7. The molecule has 1 amide bonds. The van der Waals surface area contributed by atoms with Gasteiger partial charge < -0.3 is 4.90 Å². The highest BCUT2D eigenvalue weighted by atomic mass is 35.5. The number of benzene rings is 2. The van der Waals surface area contributed by atoms with Gasteiger partial charge in [-0.15, -0.1) is 11.6 Å². The fourth-order valence-electron chi connectivity index (χ4n) is 2.98. The van der Waals surface area contributed by atoms with Crippen LogP contribution in [0.5, 0.6) is 0 Å². The van der Waals surface area contributed by atoms with E-state index in [1.807, 2.05) is 47.4 Å². The number of nitrogens with zero attached hydrogens (tertiary/aromatic N) is 1. The molecule has 1 heterocycles. The van der Waals surface area contributed by atoms with Crippen LogP contribution in [0.4, 0.5) is 0 Å². The zero-order valence-electron chi connectivity index (χ0n) is 11.8. The van der Waals surface area contributed by atoms with E-state index in [1.54, 1.807) is 0 Å². The lowest BCUT2D eigenvalue weighted by molar-refractivity contribution is 0.0735. The predicted molar refractivity (Wildman–Crippen MR) is 85.5 cm³/mol. The maximum Gasteiger partial charge on any atom is 0.254 e. The molecule has 0 spiro atoms. The third-order valence-corrected chi connectivity index (χ3v) is 4.33. The summed E-state index contributed by atoms with van der Waals surface area (Å²) in [6, 6.07) is 18.1. The summed E-state index contributed by atoms with van der Waals surface area (Å²) in [6.45, 7) is 0.823. The van der Waals surface area contributed by atoms with Gasteiger partial charge in [0, 0.05) is 18.0 Å². The number of alkyl halides is 1. The number of carbonyl (C=O) groups is 1. The highest BCUT2D eigenvalue weighted by molar-refractivity contribution is 6.17. The van der Waals surface area contributed by atoms with Crippen LogP contribution >= 0.6 is 11.6 Å². The van der Waals surface area contributed by atoms with Crippen molar-refractivity contribution in [1.82, 2.24) is 4.90 Å². The number of hydrogen-bond acceptors (Lipinski definition) is 1. The molecule has 2 aromatic rings. The highest BCUT2D eigenvalue weighted by Gasteiger charge is 2.30. The van der Waals surface area contributed by atoms with Crippen LogP contribution in [0.15, 0.2) is 54.6 Å². The molecule has 108 valence electrons. The van der Waals surface area contributed by atoms with Gasteiger partial charge in [0.1, 0.15) is 0 Å². The molecule has 0 radical (unpaired) electrons. The molecule has 1 atom stereocenters. The van der Waals surface area contributed by atoms with E-state index in [0.717, 1.165) is 30.5 Å². The maximum atomic E-state index is 12.8. The number of rotatable bonds is 3. The van der Waals surface area contributed by atoms with E-state index in [4.69, 9.17) is 11.6 Å². The third-order valence-electron chi connectivity index (χ3n) is 4.03. The Kier molecular flexibility index (Phi) is 4.26. The summed E-state index contributed by atoms with van der Waals surface area (Å²) in [5.41, 5.74) is 2.94. The van der Waals surface area contributed by atoms with Crippen molar-refractivity contribution in [2.45, 2.75) is 24.8 Å². The van der Waals surface area contributed by atoms with Crippen LogP contribution in [0.1, 0.15) is 40.4 Å². The van der Waals surface area contributed by atoms with Gasteiger partial charge >= 0.3 is 0 Å². The van der Waals surface area contributed by atoms with Crippen molar-refractivity contribution in [3.63, 3.8) is 0 Å². The highest BCUT2D eigenvalue weighted by Crippen LogP contribution is 2.33. The van der Waals surface area contributed by atoms with Gasteiger partial charge in [-0.25, -0.2) is 0 Å². The lowest BCUT2D eigenvalue weighted by Gasteiger charge is -2.25. The van der Waals surface area contributed by atoms with E-state index < -0.39 is 0 Å². The molecular formula is C18H18ClNO. The number of hydrogen-bond donors (Lipinski definition) is 0. The largest absolute Gasteiger partial charge is 0.332 e. The van der Waals surface area contributed by atoms with Crippen LogP contribution in [0.25, 0.3) is 0 Å². The van der Waals surface area contributed by atoms with Crippen LogP contribution in [0, 0.1) is 0 Å². The summed E-state index contributed by atoms with van der Waals surface area (Å²) in [6.07, 6.45) is 2.09. The predicted octanol–water partition coefficient (Wildman–Crippen LogP) is 4.40. The van der Waals surface area contributed by atoms with Crippen molar-refractivity contribution in [2.24, 2.45) is 0 Å². The zero-order valence-corrected chi connectivity index (χ0v) is 12.6. The Morgan fingerprint density at radius 2 is 1.95 bits per heavy atom. The first-order valence-corrected chi connectivity index (χ1v) is 7.84. The first-order valence-electron chi connectivity index (χ1n) is 7.30. The molecule has 0 aliphatic carbocycles. The number of carbonyl (C=O) groups excluding carboxylic acids is 1. The second-order valence-electron chi connectivity index (χ2n) is 5.40. The first-order chi connectivity index (χ1) is 10.3. The van der Waals surface area contributed by atoms with E-state index >= 15 is 0 Å². The van der Waals surface area contributed by atoms with Crippen LogP contribution in [0.3, 0.4) is 0 Å². The molecule has 1 aliphatic rings. The average Bonchev–Trinajstić information content (AvgIpc) is 3.04. The van der Waals surface area contributed by atoms with E-state index in [0.29, 0.717) is 5.88 Å². The van der Waals surface area contributed by atoms with E-state index in [2.05, 4.69) is 12.1 Å². The fourth-order valence-corrected chi connectivity index (χ4v) is 3.15. The fraction of sp³-hybridized carbons (Fsp3) is 0.278. The lowest BCUT2D eigenvalue weighted by Crippen LogP contribution is -2.30. The van der Waals surface area contributed by atoms with Crippen LogP contribution in [-0.2, 0) is 5.88 Å². The molecule has 3 heteroatoms. The van der Waals surface area contributed by atoms with Crippen molar-refractivity contribution < 1.29 is 4.79 Å². The van der Waals surface area contributed by atoms with Gasteiger partial charge in [-0.2, -0.15) is 0 Å². The minimum Gasteiger partial charge on any atom is -0.332 e. The standard InChI is InChI=1S/C18H18ClNO/c19-13-14-6-4-9-16(12-14)18(21)20-11-5-10-17(20)15-7-2-1-3-8-15/h1-4,6-9,12,17H,5,10-11,13H2. The maximum absolute atomic E-state index is 12.8. The van der Waals surface area contributed by atoms with Crippen LogP contribution in [-0.4, -0.2) is 17.4 Å². The van der Waals surface area contributed by atoms with Gasteiger partial charge in [-0.1, -0.05) is 42.5 Å². The Balaban J connectivity index is 1.86. The molecule has 2 nitrogen and oxygen atoms in total. The number of halogens is 1.